The number of sulfone groups is 1. The Balaban J connectivity index is 2.19. The Hall–Kier alpha value is -2.68. The molecule has 1 N–H and O–H groups in total. The molecule has 144 valence electrons. The van der Waals surface area contributed by atoms with Crippen molar-refractivity contribution in [1.82, 2.24) is 9.78 Å². The third-order valence-corrected chi connectivity index (χ3v) is 6.36. The van der Waals surface area contributed by atoms with Crippen LogP contribution in [0.3, 0.4) is 0 Å². The van der Waals surface area contributed by atoms with E-state index in [2.05, 4.69) is 10.3 Å². The first-order valence-corrected chi connectivity index (χ1v) is 10.4. The van der Waals surface area contributed by atoms with Crippen molar-refractivity contribution < 1.29 is 18.0 Å². The van der Waals surface area contributed by atoms with Crippen LogP contribution in [0.15, 0.2) is 33.2 Å². The standard InChI is InChI=1S/C18H21N3O5S/c1-4-21-18(23)13(10-19-21)17(22)12-6-7-15-16(11(12)3)14(20-26-5-2)8-9-27(15,24)25/h6-7,10,19H,4-5,8-9H2,1-3H3/b20-14-. The zero-order chi connectivity index (χ0) is 19.8. The smallest absolute Gasteiger partial charge is 0.277 e. The number of hydrogen-bond donors (Lipinski definition) is 1. The summed E-state index contributed by atoms with van der Waals surface area (Å²) in [5.74, 6) is -0.514. The lowest BCUT2D eigenvalue weighted by atomic mass is 9.93. The van der Waals surface area contributed by atoms with E-state index in [0.717, 1.165) is 0 Å². The minimum absolute atomic E-state index is 0.0156. The molecule has 0 saturated heterocycles. The molecule has 0 radical (unpaired) electrons. The van der Waals surface area contributed by atoms with Crippen LogP contribution in [0.2, 0.25) is 0 Å². The van der Waals surface area contributed by atoms with E-state index in [0.29, 0.717) is 30.0 Å². The zero-order valence-corrected chi connectivity index (χ0v) is 16.2. The number of aryl methyl sites for hydroxylation is 1. The van der Waals surface area contributed by atoms with Crippen LogP contribution in [-0.2, 0) is 21.2 Å². The lowest BCUT2D eigenvalue weighted by molar-refractivity contribution is 0.103. The highest BCUT2D eigenvalue weighted by Crippen LogP contribution is 2.31. The van der Waals surface area contributed by atoms with Crippen LogP contribution in [0, 0.1) is 6.92 Å². The van der Waals surface area contributed by atoms with Crippen LogP contribution < -0.4 is 5.56 Å². The highest BCUT2D eigenvalue weighted by Gasteiger charge is 2.32. The van der Waals surface area contributed by atoms with Crippen LogP contribution >= 0.6 is 0 Å². The first-order chi connectivity index (χ1) is 12.8. The number of fused-ring (bicyclic) bond motifs is 1. The summed E-state index contributed by atoms with van der Waals surface area (Å²) in [6.07, 6.45) is 1.58. The molecule has 0 atom stereocenters. The lowest BCUT2D eigenvalue weighted by Crippen LogP contribution is -2.26. The highest BCUT2D eigenvalue weighted by molar-refractivity contribution is 7.91. The van der Waals surface area contributed by atoms with Gasteiger partial charge in [0.15, 0.2) is 15.6 Å². The molecule has 1 aromatic heterocycles. The summed E-state index contributed by atoms with van der Waals surface area (Å²) >= 11 is 0. The van der Waals surface area contributed by atoms with Gasteiger partial charge >= 0.3 is 0 Å². The van der Waals surface area contributed by atoms with E-state index in [9.17, 15) is 18.0 Å². The molecule has 8 nitrogen and oxygen atoms in total. The third kappa shape index (κ3) is 3.23. The minimum atomic E-state index is -3.46. The van der Waals surface area contributed by atoms with Gasteiger partial charge in [-0.25, -0.2) is 8.42 Å². The summed E-state index contributed by atoms with van der Waals surface area (Å²) in [5.41, 5.74) is 1.25. The summed E-state index contributed by atoms with van der Waals surface area (Å²) in [7, 11) is -3.46. The fourth-order valence-electron chi connectivity index (χ4n) is 3.20. The number of rotatable bonds is 5. The van der Waals surface area contributed by atoms with E-state index >= 15 is 0 Å². The molecule has 0 fully saturated rings. The average Bonchev–Trinajstić information content (AvgIpc) is 3.01. The molecule has 0 aliphatic carbocycles. The summed E-state index contributed by atoms with van der Waals surface area (Å²) in [6.45, 7) is 6.00. The molecule has 1 aliphatic rings. The number of benzene rings is 1. The molecule has 0 bridgehead atoms. The number of oxime groups is 1. The molecule has 3 rings (SSSR count). The second-order valence-electron chi connectivity index (χ2n) is 6.20. The van der Waals surface area contributed by atoms with Crippen LogP contribution in [0.1, 0.15) is 47.3 Å². The lowest BCUT2D eigenvalue weighted by Gasteiger charge is -2.21. The van der Waals surface area contributed by atoms with Crippen molar-refractivity contribution in [2.24, 2.45) is 5.16 Å². The summed E-state index contributed by atoms with van der Waals surface area (Å²) < 4.78 is 26.2. The second-order valence-corrected chi connectivity index (χ2v) is 8.28. The highest BCUT2D eigenvalue weighted by atomic mass is 32.2. The van der Waals surface area contributed by atoms with Gasteiger partial charge in [-0.1, -0.05) is 5.16 Å². The third-order valence-electron chi connectivity index (χ3n) is 4.61. The zero-order valence-electron chi connectivity index (χ0n) is 15.4. The van der Waals surface area contributed by atoms with Gasteiger partial charge < -0.3 is 9.94 Å². The fourth-order valence-corrected chi connectivity index (χ4v) is 4.74. The van der Waals surface area contributed by atoms with Crippen molar-refractivity contribution in [3.8, 4) is 0 Å². The molecule has 2 heterocycles. The van der Waals surface area contributed by atoms with Gasteiger partial charge in [-0.3, -0.25) is 14.3 Å². The maximum Gasteiger partial charge on any atom is 0.277 e. The molecule has 0 unspecified atom stereocenters. The summed E-state index contributed by atoms with van der Waals surface area (Å²) in [6, 6.07) is 2.87. The van der Waals surface area contributed by atoms with Gasteiger partial charge in [0.25, 0.3) is 5.56 Å². The number of aromatic nitrogens is 2. The van der Waals surface area contributed by atoms with Crippen molar-refractivity contribution in [3.63, 3.8) is 0 Å². The molecule has 0 spiro atoms. The Labute approximate surface area is 156 Å². The van der Waals surface area contributed by atoms with E-state index in [4.69, 9.17) is 4.84 Å². The Morgan fingerprint density at radius 2 is 2.04 bits per heavy atom. The number of ketones is 1. The van der Waals surface area contributed by atoms with Gasteiger partial charge in [-0.05, 0) is 38.5 Å². The predicted octanol–water partition coefficient (Wildman–Crippen LogP) is 1.65. The molecule has 2 aromatic rings. The molecule has 0 saturated carbocycles. The van der Waals surface area contributed by atoms with E-state index in [1.165, 1.54) is 23.0 Å². The maximum absolute atomic E-state index is 12.9. The summed E-state index contributed by atoms with van der Waals surface area (Å²) in [5, 5.41) is 6.80. The largest absolute Gasteiger partial charge is 0.396 e. The Bertz CT molecular complexity index is 1090. The number of carbonyl (C=O) groups excluding carboxylic acids is 1. The first-order valence-electron chi connectivity index (χ1n) is 8.70. The number of hydrogen-bond acceptors (Lipinski definition) is 6. The van der Waals surface area contributed by atoms with Crippen molar-refractivity contribution in [1.29, 1.82) is 0 Å². The minimum Gasteiger partial charge on any atom is -0.396 e. The Kier molecular flexibility index (Phi) is 5.05. The van der Waals surface area contributed by atoms with Gasteiger partial charge in [0.2, 0.25) is 0 Å². The second kappa shape index (κ2) is 7.15. The van der Waals surface area contributed by atoms with Gasteiger partial charge in [-0.2, -0.15) is 0 Å². The van der Waals surface area contributed by atoms with Gasteiger partial charge in [0.1, 0.15) is 12.2 Å². The number of H-pyrrole nitrogens is 1. The molecule has 27 heavy (non-hydrogen) atoms. The van der Waals surface area contributed by atoms with Crippen molar-refractivity contribution in [2.75, 3.05) is 12.4 Å². The van der Waals surface area contributed by atoms with E-state index in [1.807, 2.05) is 0 Å². The number of carbonyl (C=O) groups is 1. The molecular weight excluding hydrogens is 370 g/mol. The maximum atomic E-state index is 12.9. The Morgan fingerprint density at radius 3 is 2.67 bits per heavy atom. The average molecular weight is 391 g/mol. The molecule has 1 aliphatic heterocycles. The normalized spacial score (nSPS) is 16.9. The molecular formula is C18H21N3O5S. The van der Waals surface area contributed by atoms with Gasteiger partial charge in [0.05, 0.1) is 16.4 Å². The Morgan fingerprint density at radius 1 is 1.30 bits per heavy atom. The van der Waals surface area contributed by atoms with Crippen molar-refractivity contribution in [3.05, 3.63) is 50.9 Å². The topological polar surface area (TPSA) is 111 Å². The first kappa shape index (κ1) is 19.1. The monoisotopic (exact) mass is 391 g/mol. The quantitative estimate of drug-likeness (QED) is 0.615. The molecule has 1 aromatic carbocycles. The van der Waals surface area contributed by atoms with E-state index < -0.39 is 21.2 Å². The number of aromatic amines is 1. The SMILES string of the molecule is CCO/N=C1/CCS(=O)(=O)c2ccc(C(=O)c3c[nH]n(CC)c3=O)c(C)c21. The number of nitrogens with zero attached hydrogens (tertiary/aromatic N) is 2. The molecule has 0 amide bonds. The van der Waals surface area contributed by atoms with E-state index in [-0.39, 0.29) is 28.2 Å². The summed E-state index contributed by atoms with van der Waals surface area (Å²) in [4.78, 5) is 30.5. The van der Waals surface area contributed by atoms with Crippen molar-refractivity contribution in [2.45, 2.75) is 38.6 Å². The van der Waals surface area contributed by atoms with Crippen molar-refractivity contribution >= 4 is 21.3 Å². The van der Waals surface area contributed by atoms with Gasteiger partial charge in [-0.15, -0.1) is 0 Å². The van der Waals surface area contributed by atoms with Gasteiger partial charge in [0, 0.05) is 30.3 Å². The van der Waals surface area contributed by atoms with Crippen LogP contribution in [0.5, 0.6) is 0 Å². The molecule has 9 heteroatoms. The van der Waals surface area contributed by atoms with Crippen LogP contribution in [0.4, 0.5) is 0 Å². The predicted molar refractivity (Wildman–Crippen MR) is 100 cm³/mol. The van der Waals surface area contributed by atoms with Crippen LogP contribution in [-0.4, -0.2) is 42.1 Å². The fraction of sp³-hybridized carbons (Fsp3) is 0.389. The number of nitrogens with one attached hydrogen (secondary N) is 1. The van der Waals surface area contributed by atoms with Crippen LogP contribution in [0.25, 0.3) is 0 Å². The van der Waals surface area contributed by atoms with E-state index in [1.54, 1.807) is 20.8 Å².